The molecule has 0 aliphatic heterocycles. The number of esters is 2. The van der Waals surface area contributed by atoms with Gasteiger partial charge in [0.2, 0.25) is 0 Å². The summed E-state index contributed by atoms with van der Waals surface area (Å²) in [5, 5.41) is 0. The van der Waals surface area contributed by atoms with Gasteiger partial charge in [0.05, 0.1) is 25.0 Å². The van der Waals surface area contributed by atoms with Crippen LogP contribution in [0, 0.1) is 5.41 Å². The number of hydrogen-bond donors (Lipinski definition) is 0. The molecule has 0 aromatic heterocycles. The van der Waals surface area contributed by atoms with Gasteiger partial charge in [-0.3, -0.25) is 9.59 Å². The second-order valence-corrected chi connectivity index (χ2v) is 3.59. The van der Waals surface area contributed by atoms with Gasteiger partial charge in [0.25, 0.3) is 0 Å². The van der Waals surface area contributed by atoms with Crippen molar-refractivity contribution in [2.24, 2.45) is 5.41 Å². The van der Waals surface area contributed by atoms with Crippen LogP contribution in [0.15, 0.2) is 0 Å². The smallest absolute Gasteiger partial charge is 0.312 e. The van der Waals surface area contributed by atoms with Crippen LogP contribution in [-0.4, -0.2) is 25.2 Å². The topological polar surface area (TPSA) is 52.6 Å². The van der Waals surface area contributed by atoms with Crippen LogP contribution in [-0.2, 0) is 19.1 Å². The molecule has 0 heterocycles. The van der Waals surface area contributed by atoms with Crippen molar-refractivity contribution in [1.82, 2.24) is 0 Å². The van der Waals surface area contributed by atoms with E-state index in [-0.39, 0.29) is 18.4 Å². The van der Waals surface area contributed by atoms with E-state index in [2.05, 4.69) is 0 Å². The molecule has 0 N–H and O–H groups in total. The molecule has 4 nitrogen and oxygen atoms in total. The minimum Gasteiger partial charge on any atom is -0.466 e. The summed E-state index contributed by atoms with van der Waals surface area (Å²) in [5.74, 6) is -0.737. The van der Waals surface area contributed by atoms with E-state index in [1.54, 1.807) is 27.7 Å². The predicted molar refractivity (Wildman–Crippen MR) is 51.7 cm³/mol. The zero-order valence-electron chi connectivity index (χ0n) is 9.25. The summed E-state index contributed by atoms with van der Waals surface area (Å²) in [6.07, 6.45) is 0.0552. The quantitative estimate of drug-likeness (QED) is 0.634. The molecule has 0 bridgehead atoms. The first-order chi connectivity index (χ1) is 6.44. The van der Waals surface area contributed by atoms with E-state index in [1.165, 1.54) is 0 Å². The van der Waals surface area contributed by atoms with Gasteiger partial charge in [-0.1, -0.05) is 0 Å². The maximum atomic E-state index is 11.4. The molecular formula is C10H18O4. The number of carbonyl (C=O) groups is 2. The average molecular weight is 202 g/mol. The highest BCUT2D eigenvalue weighted by Crippen LogP contribution is 2.22. The standard InChI is InChI=1S/C10H18O4/c1-5-13-8(11)7-10(3,4)9(12)14-6-2/h5-7H2,1-4H3. The van der Waals surface area contributed by atoms with Crippen molar-refractivity contribution in [1.29, 1.82) is 0 Å². The van der Waals surface area contributed by atoms with Crippen LogP contribution < -0.4 is 0 Å². The lowest BCUT2D eigenvalue weighted by Crippen LogP contribution is -2.30. The molecule has 0 amide bonds. The highest BCUT2D eigenvalue weighted by atomic mass is 16.5. The average Bonchev–Trinajstić information content (AvgIpc) is 2.03. The molecule has 0 spiro atoms. The molecular weight excluding hydrogens is 184 g/mol. The van der Waals surface area contributed by atoms with E-state index >= 15 is 0 Å². The molecule has 0 saturated carbocycles. The van der Waals surface area contributed by atoms with Gasteiger partial charge in [-0.2, -0.15) is 0 Å². The maximum absolute atomic E-state index is 11.4. The zero-order valence-corrected chi connectivity index (χ0v) is 9.25. The molecule has 0 aromatic carbocycles. The zero-order chi connectivity index (χ0) is 11.2. The largest absolute Gasteiger partial charge is 0.466 e. The van der Waals surface area contributed by atoms with E-state index in [1.807, 2.05) is 0 Å². The predicted octanol–water partition coefficient (Wildman–Crippen LogP) is 1.53. The van der Waals surface area contributed by atoms with Crippen molar-refractivity contribution in [3.63, 3.8) is 0 Å². The monoisotopic (exact) mass is 202 g/mol. The lowest BCUT2D eigenvalue weighted by molar-refractivity contribution is -0.160. The van der Waals surface area contributed by atoms with Crippen LogP contribution in [0.3, 0.4) is 0 Å². The second kappa shape index (κ2) is 5.62. The Morgan fingerprint density at radius 1 is 1.07 bits per heavy atom. The lowest BCUT2D eigenvalue weighted by Gasteiger charge is -2.20. The Kier molecular flexibility index (Phi) is 5.20. The first-order valence-electron chi connectivity index (χ1n) is 4.77. The van der Waals surface area contributed by atoms with E-state index in [0.717, 1.165) is 0 Å². The summed E-state index contributed by atoms with van der Waals surface area (Å²) >= 11 is 0. The van der Waals surface area contributed by atoms with E-state index in [9.17, 15) is 9.59 Å². The van der Waals surface area contributed by atoms with Crippen molar-refractivity contribution >= 4 is 11.9 Å². The first kappa shape index (κ1) is 12.9. The van der Waals surface area contributed by atoms with Gasteiger partial charge in [0.15, 0.2) is 0 Å². The van der Waals surface area contributed by atoms with Crippen molar-refractivity contribution in [3.8, 4) is 0 Å². The first-order valence-corrected chi connectivity index (χ1v) is 4.77. The molecule has 0 saturated heterocycles. The summed E-state index contributed by atoms with van der Waals surface area (Å²) in [6.45, 7) is 7.46. The summed E-state index contributed by atoms with van der Waals surface area (Å²) in [5.41, 5.74) is -0.803. The van der Waals surface area contributed by atoms with Crippen LogP contribution in [0.25, 0.3) is 0 Å². The molecule has 4 heteroatoms. The summed E-state index contributed by atoms with van der Waals surface area (Å²) in [6, 6.07) is 0. The van der Waals surface area contributed by atoms with Crippen molar-refractivity contribution < 1.29 is 19.1 Å². The normalized spacial score (nSPS) is 10.9. The Morgan fingerprint density at radius 3 is 2.00 bits per heavy atom. The van der Waals surface area contributed by atoms with Crippen LogP contribution in [0.5, 0.6) is 0 Å². The number of rotatable bonds is 5. The Morgan fingerprint density at radius 2 is 1.57 bits per heavy atom. The van der Waals surface area contributed by atoms with Crippen LogP contribution >= 0.6 is 0 Å². The molecule has 0 aliphatic rings. The van der Waals surface area contributed by atoms with Gasteiger partial charge in [0.1, 0.15) is 0 Å². The molecule has 14 heavy (non-hydrogen) atoms. The Bertz CT molecular complexity index is 208. The minimum atomic E-state index is -0.803. The van der Waals surface area contributed by atoms with E-state index in [0.29, 0.717) is 13.2 Å². The molecule has 0 aliphatic carbocycles. The molecule has 0 rings (SSSR count). The van der Waals surface area contributed by atoms with Crippen LogP contribution in [0.1, 0.15) is 34.1 Å². The SMILES string of the molecule is CCOC(=O)CC(C)(C)C(=O)OCC. The van der Waals surface area contributed by atoms with Crippen LogP contribution in [0.4, 0.5) is 0 Å². The Labute approximate surface area is 84.6 Å². The van der Waals surface area contributed by atoms with E-state index in [4.69, 9.17) is 9.47 Å². The van der Waals surface area contributed by atoms with Gasteiger partial charge < -0.3 is 9.47 Å². The van der Waals surface area contributed by atoms with Gasteiger partial charge in [0, 0.05) is 0 Å². The third kappa shape index (κ3) is 4.25. The maximum Gasteiger partial charge on any atom is 0.312 e. The minimum absolute atomic E-state index is 0.0552. The van der Waals surface area contributed by atoms with Gasteiger partial charge >= 0.3 is 11.9 Å². The highest BCUT2D eigenvalue weighted by Gasteiger charge is 2.32. The van der Waals surface area contributed by atoms with Gasteiger partial charge in [-0.25, -0.2) is 0 Å². The number of ether oxygens (including phenoxy) is 2. The van der Waals surface area contributed by atoms with Crippen LogP contribution in [0.2, 0.25) is 0 Å². The lowest BCUT2D eigenvalue weighted by atomic mass is 9.89. The van der Waals surface area contributed by atoms with E-state index < -0.39 is 5.41 Å². The molecule has 0 unspecified atom stereocenters. The highest BCUT2D eigenvalue weighted by molar-refractivity contribution is 5.82. The molecule has 0 atom stereocenters. The van der Waals surface area contributed by atoms with Gasteiger partial charge in [-0.15, -0.1) is 0 Å². The van der Waals surface area contributed by atoms with Crippen molar-refractivity contribution in [3.05, 3.63) is 0 Å². The van der Waals surface area contributed by atoms with Crippen molar-refractivity contribution in [2.45, 2.75) is 34.1 Å². The molecule has 0 aromatic rings. The molecule has 0 radical (unpaired) electrons. The molecule has 0 fully saturated rings. The third-order valence-corrected chi connectivity index (χ3v) is 1.72. The third-order valence-electron chi connectivity index (χ3n) is 1.72. The summed E-state index contributed by atoms with van der Waals surface area (Å²) < 4.78 is 9.60. The number of carbonyl (C=O) groups excluding carboxylic acids is 2. The number of hydrogen-bond acceptors (Lipinski definition) is 4. The summed E-state index contributed by atoms with van der Waals surface area (Å²) in [7, 11) is 0. The van der Waals surface area contributed by atoms with Crippen molar-refractivity contribution in [2.75, 3.05) is 13.2 Å². The summed E-state index contributed by atoms with van der Waals surface area (Å²) in [4.78, 5) is 22.5. The fraction of sp³-hybridized carbons (Fsp3) is 0.800. The van der Waals surface area contributed by atoms with Gasteiger partial charge in [-0.05, 0) is 27.7 Å². The Balaban J connectivity index is 4.18. The Hall–Kier alpha value is -1.06. The fourth-order valence-corrected chi connectivity index (χ4v) is 0.971. The second-order valence-electron chi connectivity index (χ2n) is 3.59. The fourth-order valence-electron chi connectivity index (χ4n) is 0.971. The molecule has 82 valence electrons.